The number of nitrogens with zero attached hydrogens (tertiary/aromatic N) is 3. The molecule has 4 aromatic rings. The summed E-state index contributed by atoms with van der Waals surface area (Å²) >= 11 is 1.53. The summed E-state index contributed by atoms with van der Waals surface area (Å²) < 4.78 is 1.68. The average Bonchev–Trinajstić information content (AvgIpc) is 3.27. The molecule has 0 bridgehead atoms. The predicted octanol–water partition coefficient (Wildman–Crippen LogP) is 3.72. The van der Waals surface area contributed by atoms with Crippen LogP contribution in [0.3, 0.4) is 0 Å². The number of fused-ring (bicyclic) bond motifs is 1. The first-order chi connectivity index (χ1) is 11.8. The lowest BCUT2D eigenvalue weighted by Gasteiger charge is -2.16. The molecule has 6 heteroatoms. The molecule has 2 heterocycles. The topological polar surface area (TPSA) is 59.8 Å². The fourth-order valence-corrected chi connectivity index (χ4v) is 3.42. The van der Waals surface area contributed by atoms with Crippen molar-refractivity contribution in [3.05, 3.63) is 77.0 Å². The molecule has 0 aliphatic rings. The van der Waals surface area contributed by atoms with E-state index in [-0.39, 0.29) is 5.91 Å². The molecule has 118 valence electrons. The molecular weight excluding hydrogens is 320 g/mol. The van der Waals surface area contributed by atoms with Crippen molar-refractivity contribution >= 4 is 34.0 Å². The van der Waals surface area contributed by atoms with E-state index in [2.05, 4.69) is 15.6 Å². The van der Waals surface area contributed by atoms with Gasteiger partial charge in [-0.2, -0.15) is 0 Å². The molecule has 4 rings (SSSR count). The maximum Gasteiger partial charge on any atom is 0.254 e. The third-order valence-electron chi connectivity index (χ3n) is 3.72. The molecule has 0 saturated heterocycles. The van der Waals surface area contributed by atoms with E-state index >= 15 is 0 Å². The van der Waals surface area contributed by atoms with Gasteiger partial charge in [0, 0.05) is 10.6 Å². The fourth-order valence-electron chi connectivity index (χ4n) is 2.62. The van der Waals surface area contributed by atoms with E-state index in [1.807, 2.05) is 72.1 Å². The Labute approximate surface area is 142 Å². The molecular formula is C18H14N4OS. The van der Waals surface area contributed by atoms with Gasteiger partial charge in [0.05, 0.1) is 5.52 Å². The van der Waals surface area contributed by atoms with Crippen molar-refractivity contribution in [3.63, 3.8) is 0 Å². The van der Waals surface area contributed by atoms with Crippen molar-refractivity contribution in [2.24, 2.45) is 0 Å². The van der Waals surface area contributed by atoms with E-state index in [4.69, 9.17) is 0 Å². The molecule has 0 saturated carbocycles. The molecule has 1 unspecified atom stereocenters. The van der Waals surface area contributed by atoms with E-state index in [9.17, 15) is 4.79 Å². The van der Waals surface area contributed by atoms with Gasteiger partial charge in [0.1, 0.15) is 5.52 Å². The van der Waals surface area contributed by atoms with Gasteiger partial charge >= 0.3 is 0 Å². The number of para-hydroxylation sites is 2. The smallest absolute Gasteiger partial charge is 0.254 e. The van der Waals surface area contributed by atoms with Gasteiger partial charge in [-0.05, 0) is 35.7 Å². The molecule has 0 aliphatic heterocycles. The van der Waals surface area contributed by atoms with Crippen molar-refractivity contribution in [1.82, 2.24) is 15.0 Å². The Morgan fingerprint density at radius 2 is 1.79 bits per heavy atom. The number of carbonyl (C=O) groups is 1. The van der Waals surface area contributed by atoms with Gasteiger partial charge in [0.25, 0.3) is 5.91 Å². The van der Waals surface area contributed by atoms with Crippen LogP contribution < -0.4 is 5.32 Å². The summed E-state index contributed by atoms with van der Waals surface area (Å²) in [5.41, 5.74) is 2.36. The second-order valence-electron chi connectivity index (χ2n) is 5.30. The largest absolute Gasteiger partial charge is 0.324 e. The fraction of sp³-hybridized carbons (Fsp3) is 0.0556. The Balaban J connectivity index is 1.76. The lowest BCUT2D eigenvalue weighted by Crippen LogP contribution is -2.27. The lowest BCUT2D eigenvalue weighted by atomic mass is 10.2. The summed E-state index contributed by atoms with van der Waals surface area (Å²) in [7, 11) is 0. The number of amides is 1. The van der Waals surface area contributed by atoms with E-state index in [0.29, 0.717) is 0 Å². The number of rotatable bonds is 4. The van der Waals surface area contributed by atoms with Gasteiger partial charge in [0.15, 0.2) is 6.04 Å². The number of hydrogen-bond donors (Lipinski definition) is 1. The maximum absolute atomic E-state index is 13.0. The minimum atomic E-state index is -0.558. The van der Waals surface area contributed by atoms with Crippen LogP contribution in [0, 0.1) is 0 Å². The molecule has 0 aliphatic carbocycles. The molecule has 24 heavy (non-hydrogen) atoms. The number of benzene rings is 2. The number of hydrogen-bond acceptors (Lipinski definition) is 4. The van der Waals surface area contributed by atoms with Crippen molar-refractivity contribution < 1.29 is 4.79 Å². The lowest BCUT2D eigenvalue weighted by molar-refractivity contribution is -0.118. The first-order valence-electron chi connectivity index (χ1n) is 7.52. The first kappa shape index (κ1) is 14.6. The van der Waals surface area contributed by atoms with Crippen LogP contribution in [0.5, 0.6) is 0 Å². The molecule has 0 fully saturated rings. The van der Waals surface area contributed by atoms with Crippen LogP contribution in [0.1, 0.15) is 10.9 Å². The Kier molecular flexibility index (Phi) is 3.80. The molecule has 2 aromatic heterocycles. The second kappa shape index (κ2) is 6.25. The van der Waals surface area contributed by atoms with Gasteiger partial charge < -0.3 is 5.32 Å². The van der Waals surface area contributed by atoms with Gasteiger partial charge in [-0.3, -0.25) is 4.79 Å². The third-order valence-corrected chi connectivity index (χ3v) is 4.65. The predicted molar refractivity (Wildman–Crippen MR) is 95.1 cm³/mol. The number of thiophene rings is 1. The minimum absolute atomic E-state index is 0.140. The van der Waals surface area contributed by atoms with Crippen molar-refractivity contribution in [2.75, 3.05) is 5.32 Å². The van der Waals surface area contributed by atoms with Gasteiger partial charge in [-0.15, -0.1) is 16.4 Å². The van der Waals surface area contributed by atoms with Gasteiger partial charge in [-0.1, -0.05) is 41.6 Å². The van der Waals surface area contributed by atoms with E-state index in [0.717, 1.165) is 21.6 Å². The Bertz CT molecular complexity index is 963. The standard InChI is InChI=1S/C18H14N4OS/c23-18(19-13-7-2-1-3-8-13)17(16-11-6-12-24-16)22-15-10-5-4-9-14(15)20-21-22/h1-12,17H,(H,19,23). The highest BCUT2D eigenvalue weighted by Gasteiger charge is 2.26. The number of anilines is 1. The highest BCUT2D eigenvalue weighted by atomic mass is 32.1. The van der Waals surface area contributed by atoms with Crippen molar-refractivity contribution in [1.29, 1.82) is 0 Å². The van der Waals surface area contributed by atoms with Crippen LogP contribution >= 0.6 is 11.3 Å². The number of nitrogens with one attached hydrogen (secondary N) is 1. The molecule has 1 atom stereocenters. The number of aromatic nitrogens is 3. The van der Waals surface area contributed by atoms with Crippen LogP contribution in [-0.2, 0) is 4.79 Å². The van der Waals surface area contributed by atoms with Crippen LogP contribution in [0.2, 0.25) is 0 Å². The van der Waals surface area contributed by atoms with Crippen molar-refractivity contribution in [3.8, 4) is 0 Å². The zero-order valence-corrected chi connectivity index (χ0v) is 13.5. The Morgan fingerprint density at radius 3 is 2.58 bits per heavy atom. The summed E-state index contributed by atoms with van der Waals surface area (Å²) in [6.07, 6.45) is 0. The molecule has 1 N–H and O–H groups in total. The molecule has 1 amide bonds. The Morgan fingerprint density at radius 1 is 1.00 bits per heavy atom. The summed E-state index contributed by atoms with van der Waals surface area (Å²) in [5.74, 6) is -0.140. The zero-order chi connectivity index (χ0) is 16.4. The van der Waals surface area contributed by atoms with Crippen LogP contribution in [0.25, 0.3) is 11.0 Å². The SMILES string of the molecule is O=C(Nc1ccccc1)C(c1cccs1)n1nnc2ccccc21. The van der Waals surface area contributed by atoms with Gasteiger partial charge in [-0.25, -0.2) is 4.68 Å². The normalized spacial score (nSPS) is 12.2. The van der Waals surface area contributed by atoms with E-state index in [1.165, 1.54) is 11.3 Å². The van der Waals surface area contributed by atoms with Gasteiger partial charge in [0.2, 0.25) is 0 Å². The summed E-state index contributed by atoms with van der Waals surface area (Å²) in [6, 6.07) is 20.4. The average molecular weight is 334 g/mol. The first-order valence-corrected chi connectivity index (χ1v) is 8.40. The molecule has 5 nitrogen and oxygen atoms in total. The number of carbonyl (C=O) groups excluding carboxylic acids is 1. The Hall–Kier alpha value is -2.99. The maximum atomic E-state index is 13.0. The molecule has 0 radical (unpaired) electrons. The van der Waals surface area contributed by atoms with E-state index < -0.39 is 6.04 Å². The minimum Gasteiger partial charge on any atom is -0.324 e. The van der Waals surface area contributed by atoms with Crippen LogP contribution in [-0.4, -0.2) is 20.9 Å². The molecule has 0 spiro atoms. The highest BCUT2D eigenvalue weighted by Crippen LogP contribution is 2.27. The van der Waals surface area contributed by atoms with E-state index in [1.54, 1.807) is 4.68 Å². The third kappa shape index (κ3) is 2.68. The molecule has 2 aromatic carbocycles. The highest BCUT2D eigenvalue weighted by molar-refractivity contribution is 7.10. The van der Waals surface area contributed by atoms with Crippen LogP contribution in [0.4, 0.5) is 5.69 Å². The van der Waals surface area contributed by atoms with Crippen LogP contribution in [0.15, 0.2) is 72.1 Å². The summed E-state index contributed by atoms with van der Waals surface area (Å²) in [5, 5.41) is 13.3. The summed E-state index contributed by atoms with van der Waals surface area (Å²) in [6.45, 7) is 0. The quantitative estimate of drug-likeness (QED) is 0.619. The zero-order valence-electron chi connectivity index (χ0n) is 12.7. The monoisotopic (exact) mass is 334 g/mol. The second-order valence-corrected chi connectivity index (χ2v) is 6.28. The summed E-state index contributed by atoms with van der Waals surface area (Å²) in [4.78, 5) is 13.9. The van der Waals surface area contributed by atoms with Crippen molar-refractivity contribution in [2.45, 2.75) is 6.04 Å².